The van der Waals surface area contributed by atoms with E-state index in [9.17, 15) is 19.5 Å². The molecule has 11 nitrogen and oxygen atoms in total. The number of benzene rings is 3. The molecule has 3 heterocycles. The molecule has 11 heteroatoms. The molecule has 5 N–H and O–H groups in total. The SMILES string of the molecule is CCCN1CC(=O)N2[C@@H](Cc3ccc(O)cc3)C(=O)N(Cc3cccc4c3NNC4N)C[C@@H]2N1C(=O)CCc1ccccc1. The van der Waals surface area contributed by atoms with Crippen molar-refractivity contribution < 1.29 is 19.5 Å². The highest BCUT2D eigenvalue weighted by Crippen LogP contribution is 2.33. The lowest BCUT2D eigenvalue weighted by Gasteiger charge is -2.55. The molecule has 0 radical (unpaired) electrons. The van der Waals surface area contributed by atoms with Crippen LogP contribution in [-0.4, -0.2) is 74.5 Å². The first-order valence-corrected chi connectivity index (χ1v) is 15.2. The number of phenolic OH excluding ortho intramolecular Hbond substituents is 1. The van der Waals surface area contributed by atoms with Crippen LogP contribution in [0.4, 0.5) is 5.69 Å². The number of hydrazine groups is 2. The van der Waals surface area contributed by atoms with E-state index < -0.39 is 12.2 Å². The van der Waals surface area contributed by atoms with Gasteiger partial charge in [-0.1, -0.05) is 67.6 Å². The number of para-hydroxylation sites is 1. The molecule has 0 aromatic heterocycles. The molecule has 44 heavy (non-hydrogen) atoms. The highest BCUT2D eigenvalue weighted by molar-refractivity contribution is 5.92. The van der Waals surface area contributed by atoms with E-state index in [-0.39, 0.29) is 62.1 Å². The molecule has 2 fully saturated rings. The molecule has 3 amide bonds. The number of carbonyl (C=O) groups excluding carboxylic acids is 3. The number of aromatic hydroxyl groups is 1. The second kappa shape index (κ2) is 12.7. The summed E-state index contributed by atoms with van der Waals surface area (Å²) in [6.07, 6.45) is 0.851. The molecule has 6 rings (SSSR count). The summed E-state index contributed by atoms with van der Waals surface area (Å²) in [5.74, 6) is -0.319. The van der Waals surface area contributed by atoms with Crippen molar-refractivity contribution in [3.8, 4) is 5.75 Å². The van der Waals surface area contributed by atoms with Crippen molar-refractivity contribution in [2.24, 2.45) is 5.73 Å². The van der Waals surface area contributed by atoms with Gasteiger partial charge in [0.25, 0.3) is 0 Å². The molecule has 2 saturated heterocycles. The topological polar surface area (TPSA) is 134 Å². The van der Waals surface area contributed by atoms with Crippen molar-refractivity contribution in [1.82, 2.24) is 25.2 Å². The summed E-state index contributed by atoms with van der Waals surface area (Å²) in [5.41, 5.74) is 16.9. The standard InChI is InChI=1S/C33H39N7O4/c1-2-17-38-21-30(43)39-27(18-23-11-14-25(41)15-12-23)33(44)37(19-24-9-6-10-26-31(24)35-36-32(26)34)20-28(39)40(38)29(42)16-13-22-7-4-3-5-8-22/h3-12,14-15,27-28,32,35-36,41H,2,13,16-21,34H2,1H3/t27-,28-,32?/m0/s1. The van der Waals surface area contributed by atoms with E-state index in [1.54, 1.807) is 39.1 Å². The van der Waals surface area contributed by atoms with Gasteiger partial charge in [0, 0.05) is 31.5 Å². The summed E-state index contributed by atoms with van der Waals surface area (Å²) in [4.78, 5) is 45.5. The average molecular weight is 598 g/mol. The number of fused-ring (bicyclic) bond motifs is 2. The Morgan fingerprint density at radius 1 is 1.00 bits per heavy atom. The number of hydrogen-bond acceptors (Lipinski definition) is 8. The molecule has 230 valence electrons. The number of nitrogens with zero attached hydrogens (tertiary/aromatic N) is 4. The van der Waals surface area contributed by atoms with Crippen molar-refractivity contribution in [3.05, 3.63) is 95.1 Å². The molecule has 3 atom stereocenters. The minimum absolute atomic E-state index is 0.0282. The second-order valence-electron chi connectivity index (χ2n) is 11.6. The van der Waals surface area contributed by atoms with Crippen LogP contribution in [0.3, 0.4) is 0 Å². The van der Waals surface area contributed by atoms with Crippen LogP contribution in [0.1, 0.15) is 48.2 Å². The number of hydrogen-bond donors (Lipinski definition) is 4. The van der Waals surface area contributed by atoms with E-state index in [4.69, 9.17) is 5.73 Å². The Kier molecular flexibility index (Phi) is 8.51. The van der Waals surface area contributed by atoms with Gasteiger partial charge in [-0.2, -0.15) is 0 Å². The maximum Gasteiger partial charge on any atom is 0.246 e. The molecule has 3 aromatic rings. The van der Waals surface area contributed by atoms with E-state index in [0.29, 0.717) is 13.0 Å². The zero-order valence-corrected chi connectivity index (χ0v) is 24.9. The maximum atomic E-state index is 14.3. The Labute approximate surface area is 257 Å². The van der Waals surface area contributed by atoms with Crippen LogP contribution in [0.15, 0.2) is 72.8 Å². The van der Waals surface area contributed by atoms with Gasteiger partial charge in [0.2, 0.25) is 17.7 Å². The highest BCUT2D eigenvalue weighted by atomic mass is 16.3. The van der Waals surface area contributed by atoms with Gasteiger partial charge in [-0.15, -0.1) is 0 Å². The monoisotopic (exact) mass is 597 g/mol. The first-order valence-electron chi connectivity index (χ1n) is 15.2. The largest absolute Gasteiger partial charge is 0.508 e. The Morgan fingerprint density at radius 3 is 2.52 bits per heavy atom. The minimum atomic E-state index is -0.816. The van der Waals surface area contributed by atoms with Crippen molar-refractivity contribution in [3.63, 3.8) is 0 Å². The number of nitrogens with two attached hydrogens (primary N) is 1. The van der Waals surface area contributed by atoms with E-state index in [1.807, 2.05) is 60.5 Å². The van der Waals surface area contributed by atoms with E-state index >= 15 is 0 Å². The van der Waals surface area contributed by atoms with E-state index in [2.05, 4.69) is 10.9 Å². The van der Waals surface area contributed by atoms with Gasteiger partial charge in [-0.25, -0.2) is 10.4 Å². The molecule has 0 bridgehead atoms. The number of carbonyl (C=O) groups is 3. The van der Waals surface area contributed by atoms with Crippen molar-refractivity contribution >= 4 is 23.4 Å². The van der Waals surface area contributed by atoms with E-state index in [0.717, 1.165) is 34.4 Å². The third kappa shape index (κ3) is 5.86. The van der Waals surface area contributed by atoms with Gasteiger partial charge in [0.05, 0.1) is 18.8 Å². The van der Waals surface area contributed by atoms with Crippen LogP contribution in [0.2, 0.25) is 0 Å². The number of anilines is 1. The minimum Gasteiger partial charge on any atom is -0.508 e. The summed E-state index contributed by atoms with van der Waals surface area (Å²) < 4.78 is 0. The zero-order valence-electron chi connectivity index (χ0n) is 24.9. The molecule has 0 aliphatic carbocycles. The number of amides is 3. The molecule has 3 aliphatic rings. The third-order valence-electron chi connectivity index (χ3n) is 8.64. The fourth-order valence-corrected chi connectivity index (χ4v) is 6.51. The first kappa shape index (κ1) is 29.6. The number of phenols is 1. The van der Waals surface area contributed by atoms with Crippen LogP contribution >= 0.6 is 0 Å². The molecule has 0 saturated carbocycles. The van der Waals surface area contributed by atoms with Crippen LogP contribution in [0, 0.1) is 0 Å². The Morgan fingerprint density at radius 2 is 1.77 bits per heavy atom. The summed E-state index contributed by atoms with van der Waals surface area (Å²) in [5, 5.41) is 13.4. The predicted octanol–water partition coefficient (Wildman–Crippen LogP) is 2.49. The fraction of sp³-hybridized carbons (Fsp3) is 0.364. The second-order valence-corrected chi connectivity index (χ2v) is 11.6. The summed E-state index contributed by atoms with van der Waals surface area (Å²) >= 11 is 0. The maximum absolute atomic E-state index is 14.3. The molecule has 0 spiro atoms. The predicted molar refractivity (Wildman–Crippen MR) is 165 cm³/mol. The third-order valence-corrected chi connectivity index (χ3v) is 8.64. The van der Waals surface area contributed by atoms with Crippen LogP contribution in [0.25, 0.3) is 0 Å². The van der Waals surface area contributed by atoms with Crippen molar-refractivity contribution in [2.45, 2.75) is 57.5 Å². The van der Waals surface area contributed by atoms with E-state index in [1.165, 1.54) is 0 Å². The van der Waals surface area contributed by atoms with Gasteiger partial charge < -0.3 is 26.1 Å². The number of nitrogens with one attached hydrogen (secondary N) is 2. The highest BCUT2D eigenvalue weighted by Gasteiger charge is 2.51. The Balaban J connectivity index is 1.35. The Bertz CT molecular complexity index is 1520. The summed E-state index contributed by atoms with van der Waals surface area (Å²) in [6.45, 7) is 3.06. The van der Waals surface area contributed by atoms with Gasteiger partial charge in [-0.3, -0.25) is 19.4 Å². The van der Waals surface area contributed by atoms with Crippen LogP contribution in [-0.2, 0) is 33.8 Å². The van der Waals surface area contributed by atoms with Crippen molar-refractivity contribution in [2.75, 3.05) is 25.1 Å². The average Bonchev–Trinajstić information content (AvgIpc) is 3.41. The number of rotatable bonds is 9. The quantitative estimate of drug-likeness (QED) is 0.296. The Hall–Kier alpha value is -4.45. The number of piperazine rings is 1. The fourth-order valence-electron chi connectivity index (χ4n) is 6.51. The lowest BCUT2D eigenvalue weighted by Crippen LogP contribution is -2.76. The normalized spacial score (nSPS) is 21.7. The first-order chi connectivity index (χ1) is 21.3. The lowest BCUT2D eigenvalue weighted by molar-refractivity contribution is -0.207. The van der Waals surface area contributed by atoms with Crippen molar-refractivity contribution in [1.29, 1.82) is 0 Å². The smallest absolute Gasteiger partial charge is 0.246 e. The van der Waals surface area contributed by atoms with Gasteiger partial charge in [0.1, 0.15) is 24.1 Å². The zero-order chi connectivity index (χ0) is 30.8. The molecular weight excluding hydrogens is 558 g/mol. The van der Waals surface area contributed by atoms with Gasteiger partial charge >= 0.3 is 0 Å². The molecule has 1 unspecified atom stereocenters. The van der Waals surface area contributed by atoms with Crippen LogP contribution < -0.4 is 16.6 Å². The number of aryl methyl sites for hydroxylation is 1. The summed E-state index contributed by atoms with van der Waals surface area (Å²) in [6, 6.07) is 21.6. The lowest BCUT2D eigenvalue weighted by atomic mass is 9.97. The van der Waals surface area contributed by atoms with Gasteiger partial charge in [-0.05, 0) is 41.7 Å². The summed E-state index contributed by atoms with van der Waals surface area (Å²) in [7, 11) is 0. The molecule has 3 aliphatic heterocycles. The molecular formula is C33H39N7O4. The van der Waals surface area contributed by atoms with Gasteiger partial charge in [0.15, 0.2) is 0 Å². The molecule has 3 aromatic carbocycles. The van der Waals surface area contributed by atoms with Crippen LogP contribution in [0.5, 0.6) is 5.75 Å².